The average molecular weight is 993 g/mol. The molecule has 0 amide bonds. The van der Waals surface area contributed by atoms with E-state index < -0.39 is 5.82 Å². The number of halogens is 2. The zero-order chi connectivity index (χ0) is 23.3. The van der Waals surface area contributed by atoms with Gasteiger partial charge < -0.3 is 21.4 Å². The Morgan fingerprint density at radius 1 is 1.18 bits per heavy atom. The van der Waals surface area contributed by atoms with Crippen LogP contribution in [-0.4, -0.2) is 60.3 Å². The van der Waals surface area contributed by atoms with Crippen LogP contribution in [0.15, 0.2) is 49.1 Å². The van der Waals surface area contributed by atoms with E-state index in [9.17, 15) is 4.39 Å². The van der Waals surface area contributed by atoms with Crippen LogP contribution in [-0.2, 0) is 0 Å². The molecule has 166 valence electrons. The maximum atomic E-state index is 13.2. The third kappa shape index (κ3) is 12.4. The summed E-state index contributed by atoms with van der Waals surface area (Å²) < 4.78 is 16.3. The number of hydrogen-bond donors (Lipinski definition) is 4. The van der Waals surface area contributed by atoms with Gasteiger partial charge in [-0.05, 0) is 23.7 Å². The van der Waals surface area contributed by atoms with Gasteiger partial charge in [0.25, 0.3) is 0 Å². The van der Waals surface area contributed by atoms with Crippen LogP contribution in [0.5, 0.6) is 0 Å². The normalized spacial score (nSPS) is 11.9. The zero-order valence-electron chi connectivity index (χ0n) is 18.3. The minimum absolute atomic E-state index is 0. The summed E-state index contributed by atoms with van der Waals surface area (Å²) >= 11 is 8.16. The summed E-state index contributed by atoms with van der Waals surface area (Å²) in [4.78, 5) is 8.41. The molecule has 1 aromatic heterocycles. The second kappa shape index (κ2) is 18.6. The Morgan fingerprint density at radius 3 is 2.36 bits per heavy atom. The molecule has 1 fully saturated rings. The van der Waals surface area contributed by atoms with Gasteiger partial charge in [-0.1, -0.05) is 61.4 Å². The van der Waals surface area contributed by atoms with Crippen molar-refractivity contribution in [2.45, 2.75) is 32.1 Å². The van der Waals surface area contributed by atoms with Crippen LogP contribution in [0, 0.1) is 11.9 Å². The molecule has 0 aliphatic heterocycles. The van der Waals surface area contributed by atoms with Crippen molar-refractivity contribution in [2.24, 2.45) is 5.73 Å². The van der Waals surface area contributed by atoms with Crippen LogP contribution in [0.1, 0.15) is 32.1 Å². The van der Waals surface area contributed by atoms with E-state index in [1.807, 2.05) is 8.50 Å². The number of fused-ring (bicyclic) bond motifs is 1. The van der Waals surface area contributed by atoms with Crippen molar-refractivity contribution in [3.63, 3.8) is 0 Å². The minimum atomic E-state index is -0.479. The monoisotopic (exact) mass is 994 g/mol. The summed E-state index contributed by atoms with van der Waals surface area (Å²) in [6.45, 7) is 3.59. The van der Waals surface area contributed by atoms with Crippen LogP contribution in [0.2, 0.25) is 5.02 Å². The number of aromatic nitrogens is 2. The second-order valence-electron chi connectivity index (χ2n) is 6.74. The molecule has 2 aromatic carbocycles. The molecule has 12 heteroatoms. The molecule has 1 aliphatic carbocycles. The van der Waals surface area contributed by atoms with Gasteiger partial charge in [-0.15, -0.1) is 12.1 Å². The third-order valence-corrected chi connectivity index (χ3v) is 16.4. The molecule has 1 heterocycles. The first-order chi connectivity index (χ1) is 15.4. The molecule has 5 N–H and O–H groups in total. The first-order valence-corrected chi connectivity index (χ1v) is 17.7. The fourth-order valence-corrected chi connectivity index (χ4v) is 3.12. The van der Waals surface area contributed by atoms with Crippen molar-refractivity contribution in [3.05, 3.63) is 66.0 Å². The molecule has 0 saturated heterocycles. The summed E-state index contributed by atoms with van der Waals surface area (Å²) in [5, 5.41) is 6.75. The van der Waals surface area contributed by atoms with Crippen molar-refractivity contribution in [2.75, 3.05) is 10.6 Å². The molecular weight excluding hydrogens is 970 g/mol. The number of nitrogens with one attached hydrogen (secondary N) is 3. The van der Waals surface area contributed by atoms with E-state index in [4.69, 9.17) is 17.3 Å². The van der Waals surface area contributed by atoms with E-state index >= 15 is 0 Å². The predicted molar refractivity (Wildman–Crippen MR) is 135 cm³/mol. The Morgan fingerprint density at radius 2 is 1.82 bits per heavy atom. The molecule has 6 nitrogen and oxygen atoms in total. The Hall–Kier alpha value is 1.35. The summed E-state index contributed by atoms with van der Waals surface area (Å²) in [5.41, 5.74) is 7.49. The first kappa shape index (κ1) is 32.4. The fraction of sp³-hybridized carbons (Fsp3) is 0.238. The number of nitrogens with zero attached hydrogens (tertiary/aromatic N) is 2. The SMILES string of the molecule is C1CCCC1.C=C(N)Nc1[c-]cc2ncnc(Nc3ccc(F)c(Cl)c3)c2c1.[Cs+].[Pb][NH][S][Pb]. The molecule has 6 radical (unpaired) electrons. The predicted octanol–water partition coefficient (Wildman–Crippen LogP) is 2.15. The quantitative estimate of drug-likeness (QED) is 0.177. The van der Waals surface area contributed by atoms with Crippen molar-refractivity contribution >= 4 is 98.5 Å². The first-order valence-electron chi connectivity index (χ1n) is 9.78. The number of benzene rings is 2. The molecule has 1 aliphatic rings. The van der Waals surface area contributed by atoms with Gasteiger partial charge >= 0.3 is 130 Å². The Kier molecular flexibility index (Phi) is 18.2. The molecule has 0 atom stereocenters. The van der Waals surface area contributed by atoms with Crippen LogP contribution >= 0.6 is 20.1 Å². The number of anilines is 3. The molecule has 0 unspecified atom stereocenters. The van der Waals surface area contributed by atoms with E-state index in [-0.39, 0.29) is 73.9 Å². The Balaban J connectivity index is 0.000000459. The van der Waals surface area contributed by atoms with Gasteiger partial charge in [-0.25, -0.2) is 9.37 Å². The van der Waals surface area contributed by atoms with Crippen LogP contribution in [0.3, 0.4) is 0 Å². The summed E-state index contributed by atoms with van der Waals surface area (Å²) in [6.07, 6.45) is 8.93. The maximum absolute atomic E-state index is 13.2. The number of nitrogens with two attached hydrogens (primary N) is 1. The van der Waals surface area contributed by atoms with E-state index in [0.29, 0.717) is 28.5 Å². The summed E-state index contributed by atoms with van der Waals surface area (Å²) in [7, 11) is 1.81. The van der Waals surface area contributed by atoms with Gasteiger partial charge in [0.1, 0.15) is 18.0 Å². The average Bonchev–Trinajstić information content (AvgIpc) is 3.37. The van der Waals surface area contributed by atoms with Crippen LogP contribution in [0.25, 0.3) is 10.9 Å². The van der Waals surface area contributed by atoms with Gasteiger partial charge in [0.2, 0.25) is 0 Å². The molecule has 0 bridgehead atoms. The van der Waals surface area contributed by atoms with Gasteiger partial charge in [-0.3, -0.25) is 0 Å². The Bertz CT molecular complexity index is 1020. The van der Waals surface area contributed by atoms with E-state index in [1.165, 1.54) is 74.8 Å². The Labute approximate surface area is 293 Å². The van der Waals surface area contributed by atoms with Crippen molar-refractivity contribution in [3.8, 4) is 0 Å². The second-order valence-corrected chi connectivity index (χ2v) is 12.3. The van der Waals surface area contributed by atoms with Gasteiger partial charge in [0.15, 0.2) is 0 Å². The fourth-order valence-electron chi connectivity index (χ4n) is 2.94. The zero-order valence-corrected chi connectivity index (χ0v) is 34.0. The molecule has 3 aromatic rings. The number of rotatable bonds is 5. The van der Waals surface area contributed by atoms with Gasteiger partial charge in [0.05, 0.1) is 10.8 Å². The summed E-state index contributed by atoms with van der Waals surface area (Å²) in [6, 6.07) is 10.9. The van der Waals surface area contributed by atoms with E-state index in [2.05, 4.69) is 35.8 Å². The standard InChI is InChI=1S/C16H12ClFN5.C5H10.Cs.HNS.2Pb/c1-9(19)22-10-3-5-15-12(6-10)16(21-8-20-15)23-11-2-4-14(18)13(17)7-11;1-2-4-5-3-1;;1-2;;/h2,4-8,22H,1,19H2,(H,20,21,23);1-5H2;;1H;;/q-1;;+1;-2;2*+1. The topological polar surface area (TPSA) is 87.9 Å². The van der Waals surface area contributed by atoms with Crippen LogP contribution < -0.4 is 87.8 Å². The van der Waals surface area contributed by atoms with E-state index in [1.54, 1.807) is 18.2 Å². The summed E-state index contributed by atoms with van der Waals surface area (Å²) in [5.74, 6) is 0.377. The van der Waals surface area contributed by atoms with Crippen LogP contribution in [0.4, 0.5) is 21.6 Å². The number of hydrogen-bond acceptors (Lipinski definition) is 7. The van der Waals surface area contributed by atoms with Crippen molar-refractivity contribution in [1.82, 2.24) is 12.5 Å². The molecule has 33 heavy (non-hydrogen) atoms. The van der Waals surface area contributed by atoms with E-state index in [0.717, 1.165) is 31.5 Å². The molecule has 1 saturated carbocycles. The van der Waals surface area contributed by atoms with Crippen molar-refractivity contribution in [1.29, 1.82) is 0 Å². The molecular formula is C21H23ClCsFN6Pb2S. The van der Waals surface area contributed by atoms with Gasteiger partial charge in [0, 0.05) is 5.69 Å². The van der Waals surface area contributed by atoms with Gasteiger partial charge in [-0.2, -0.15) is 6.07 Å². The third-order valence-electron chi connectivity index (χ3n) is 4.35. The van der Waals surface area contributed by atoms with Crippen molar-refractivity contribution < 1.29 is 73.3 Å². The molecule has 0 spiro atoms. The molecule has 4 rings (SSSR count).